The molecule has 0 aliphatic heterocycles. The Morgan fingerprint density at radius 3 is 1.25 bits per heavy atom. The first-order valence-corrected chi connectivity index (χ1v) is 40.4. The molecule has 50 heteroatoms. The Kier molecular flexibility index (Phi) is 49.3. The van der Waals surface area contributed by atoms with Crippen LogP contribution >= 0.6 is 0 Å². The molecule has 0 spiro atoms. The standard InChI is InChI=1S/C76H125N25O25/c1-11-37(7)60(72(123)97-47(29-53(80)105)67(118)94-45(74(125)126)16-14-26-86-76(83)84)99-69(120)49(31-58(111)112)96-68(119)48(30-57(109)110)92-56(108)33-87-70(121)50(28-40-17-19-41(102)20-18-40)101(10)73(124)61(38(8)12-2)100-62(113)39(9)89-66(117)46(27-35(3)4)95-64(115)44(22-24-52(79)104)93-63(114)42(15-13-25-85-75(81)82)91-55(107)34-88-71(122)59(36(5)6)98-65(116)43(21-23-51(78)103)90-54(106)32-77/h17-20,35-39,42-50,59-61,102H,11-16,21-34,77H2,1-10H3,(H2,78,103)(H2,79,104)(H2,80,105)(H,87,121)(H,88,122)(H,89,117)(H,90,106)(H,91,107)(H,92,108)(H,93,114)(H,94,118)(H,95,115)(H,96,119)(H,97,123)(H,98,116)(H,99,120)(H,100,113)(H,109,110)(H,111,112)(H,125,126)(H4,81,82,85)(H4,83,84,86)/t37-,38-,39-,42-,43-,44-,45-,46-,47-,48-,49-,50-,59-,60-,61-/m0/s1. The number of carbonyl (C=O) groups excluding carboxylic acids is 18. The Hall–Kier alpha value is -13.6. The van der Waals surface area contributed by atoms with Crippen LogP contribution in [0.1, 0.15) is 158 Å². The lowest BCUT2D eigenvalue weighted by Crippen LogP contribution is -2.61. The van der Waals surface area contributed by atoms with Crippen LogP contribution in [0.15, 0.2) is 34.3 Å². The number of likely N-dealkylation sites (N-methyl/N-ethyl adjacent to an activating group) is 1. The van der Waals surface area contributed by atoms with Gasteiger partial charge in [0.15, 0.2) is 11.9 Å². The molecule has 126 heavy (non-hydrogen) atoms. The topological polar surface area (TPSA) is 844 Å². The summed E-state index contributed by atoms with van der Waals surface area (Å²) >= 11 is 0. The van der Waals surface area contributed by atoms with Gasteiger partial charge in [0.1, 0.15) is 84.3 Å². The van der Waals surface area contributed by atoms with Crippen molar-refractivity contribution in [2.75, 3.05) is 39.8 Å². The van der Waals surface area contributed by atoms with E-state index in [4.69, 9.17) is 45.9 Å². The van der Waals surface area contributed by atoms with Gasteiger partial charge < -0.3 is 146 Å². The second-order valence-corrected chi connectivity index (χ2v) is 30.6. The maximum Gasteiger partial charge on any atom is 0.326 e. The predicted molar refractivity (Wildman–Crippen MR) is 448 cm³/mol. The number of benzene rings is 1. The van der Waals surface area contributed by atoms with Crippen molar-refractivity contribution in [3.63, 3.8) is 0 Å². The fourth-order valence-corrected chi connectivity index (χ4v) is 11.9. The van der Waals surface area contributed by atoms with Gasteiger partial charge in [0, 0.05) is 39.4 Å². The van der Waals surface area contributed by atoms with E-state index in [1.165, 1.54) is 45.2 Å². The summed E-state index contributed by atoms with van der Waals surface area (Å²) < 4.78 is 0. The zero-order valence-electron chi connectivity index (χ0n) is 72.1. The molecule has 0 heterocycles. The number of hydrogen-bond donors (Lipinski definition) is 26. The summed E-state index contributed by atoms with van der Waals surface area (Å²) in [5, 5.41) is 72.6. The highest BCUT2D eigenvalue weighted by atomic mass is 16.4. The summed E-state index contributed by atoms with van der Waals surface area (Å²) in [5.41, 5.74) is 43.4. The van der Waals surface area contributed by atoms with Gasteiger partial charge in [-0.1, -0.05) is 80.4 Å². The van der Waals surface area contributed by atoms with Gasteiger partial charge in [-0.05, 0) is 93.2 Å². The fourth-order valence-electron chi connectivity index (χ4n) is 11.9. The predicted octanol–water partition coefficient (Wildman–Crippen LogP) is -9.87. The Balaban J connectivity index is 3.62. The Bertz CT molecular complexity index is 4050. The lowest BCUT2D eigenvalue weighted by Gasteiger charge is -2.33. The van der Waals surface area contributed by atoms with Crippen LogP contribution in [0, 0.1) is 23.7 Å². The zero-order valence-corrected chi connectivity index (χ0v) is 72.1. The molecule has 1 aromatic rings. The maximum atomic E-state index is 14.9. The number of guanidine groups is 2. The van der Waals surface area contributed by atoms with E-state index in [-0.39, 0.29) is 101 Å². The van der Waals surface area contributed by atoms with Gasteiger partial charge in [0.2, 0.25) is 106 Å². The van der Waals surface area contributed by atoms with Crippen molar-refractivity contribution in [1.29, 1.82) is 0 Å². The second kappa shape index (κ2) is 56.2. The number of phenols is 1. The van der Waals surface area contributed by atoms with Crippen LogP contribution in [-0.2, 0) is 107 Å². The van der Waals surface area contributed by atoms with Crippen molar-refractivity contribution in [3.8, 4) is 5.75 Å². The molecule has 0 unspecified atom stereocenters. The van der Waals surface area contributed by atoms with Gasteiger partial charge in [-0.25, -0.2) is 4.79 Å². The summed E-state index contributed by atoms with van der Waals surface area (Å²) in [6.07, 6.45) is -5.62. The van der Waals surface area contributed by atoms with Crippen molar-refractivity contribution >= 4 is 136 Å². The van der Waals surface area contributed by atoms with E-state index < -0.39 is 272 Å². The molecule has 0 bridgehead atoms. The van der Waals surface area contributed by atoms with Crippen molar-refractivity contribution in [2.24, 2.45) is 79.5 Å². The number of nitrogens with two attached hydrogens (primary N) is 8. The van der Waals surface area contributed by atoms with Crippen LogP contribution in [-0.4, -0.2) is 280 Å². The highest BCUT2D eigenvalue weighted by Gasteiger charge is 2.41. The number of carboxylic acids is 3. The summed E-state index contributed by atoms with van der Waals surface area (Å²) in [6.45, 7) is 11.3. The molecule has 15 atom stereocenters. The summed E-state index contributed by atoms with van der Waals surface area (Å²) in [6, 6.07) is -16.3. The van der Waals surface area contributed by atoms with Crippen LogP contribution in [0.5, 0.6) is 5.75 Å². The lowest BCUT2D eigenvalue weighted by molar-refractivity contribution is -0.144. The van der Waals surface area contributed by atoms with Crippen LogP contribution in [0.4, 0.5) is 0 Å². The van der Waals surface area contributed by atoms with Gasteiger partial charge in [-0.3, -0.25) is 106 Å². The number of phenolic OH excluding ortho intramolecular Hbond substituents is 1. The molecular weight excluding hydrogens is 1660 g/mol. The van der Waals surface area contributed by atoms with E-state index >= 15 is 0 Å². The highest BCUT2D eigenvalue weighted by Crippen LogP contribution is 2.19. The average molecular weight is 1790 g/mol. The van der Waals surface area contributed by atoms with Gasteiger partial charge >= 0.3 is 17.9 Å². The van der Waals surface area contributed by atoms with Crippen molar-refractivity contribution in [3.05, 3.63) is 29.8 Å². The average Bonchev–Trinajstić information content (AvgIpc) is 0.821. The molecule has 0 aromatic heterocycles. The number of nitrogens with one attached hydrogen (secondary N) is 14. The number of rotatable bonds is 60. The van der Waals surface area contributed by atoms with E-state index in [2.05, 4.69) is 79.1 Å². The maximum absolute atomic E-state index is 14.9. The monoisotopic (exact) mass is 1790 g/mol. The quantitative estimate of drug-likeness (QED) is 0.0164. The van der Waals surface area contributed by atoms with Crippen LogP contribution in [0.3, 0.4) is 0 Å². The third-order valence-corrected chi connectivity index (χ3v) is 19.3. The van der Waals surface area contributed by atoms with Crippen molar-refractivity contribution < 1.29 is 121 Å². The van der Waals surface area contributed by atoms with E-state index in [1.54, 1.807) is 48.5 Å². The number of aliphatic imine (C=N–C) groups is 2. The molecule has 0 saturated heterocycles. The first-order chi connectivity index (χ1) is 58.9. The van der Waals surface area contributed by atoms with Gasteiger partial charge in [0.25, 0.3) is 0 Å². The van der Waals surface area contributed by atoms with Gasteiger partial charge in [0.05, 0.1) is 38.9 Å². The third-order valence-electron chi connectivity index (χ3n) is 19.3. The first kappa shape index (κ1) is 110. The number of carboxylic acid groups (broad SMARTS) is 3. The summed E-state index contributed by atoms with van der Waals surface area (Å²) in [7, 11) is 1.17. The Morgan fingerprint density at radius 2 is 0.786 bits per heavy atom. The van der Waals surface area contributed by atoms with Crippen LogP contribution < -0.4 is 120 Å². The summed E-state index contributed by atoms with van der Waals surface area (Å²) in [4.78, 5) is 289. The van der Waals surface area contributed by atoms with E-state index in [0.717, 1.165) is 4.90 Å². The van der Waals surface area contributed by atoms with E-state index in [1.807, 2.05) is 5.32 Å². The summed E-state index contributed by atoms with van der Waals surface area (Å²) in [5.74, 6) is -27.5. The number of hydrogen-bond acceptors (Lipinski definition) is 25. The van der Waals surface area contributed by atoms with Gasteiger partial charge in [-0.15, -0.1) is 0 Å². The SMILES string of the molecule is CC[C@H](C)[C@H](NC(=O)[C@H](CC(=O)O)NC(=O)[C@H](CC(=O)O)NC(=O)CNC(=O)[C@H](Cc1ccc(O)cc1)N(C)C(=O)[C@@H](NC(=O)[C@H](C)NC(=O)[C@H](CC(C)C)NC(=O)[C@H](CCC(N)=O)NC(=O)[C@H](CCCN=C(N)N)NC(=O)CNC(=O)[C@@H](NC(=O)[C@H](CCC(N)=O)NC(=O)CN)C(C)C)[C@@H](C)CC)C(=O)N[C@@H](CC(N)=O)C(=O)N[C@@H](CCCN=C(N)N)C(=O)O. The highest BCUT2D eigenvalue weighted by molar-refractivity contribution is 6.02. The van der Waals surface area contributed by atoms with Crippen LogP contribution in [0.2, 0.25) is 0 Å². The Morgan fingerprint density at radius 1 is 0.405 bits per heavy atom. The number of nitrogens with zero attached hydrogens (tertiary/aromatic N) is 3. The minimum atomic E-state index is -2.16. The zero-order chi connectivity index (χ0) is 96.1. The lowest BCUT2D eigenvalue weighted by atomic mass is 9.95. The number of carbonyl (C=O) groups is 21. The molecule has 704 valence electrons. The minimum Gasteiger partial charge on any atom is -0.508 e. The third kappa shape index (κ3) is 42.5. The molecule has 0 radical (unpaired) electrons. The van der Waals surface area contributed by atoms with Gasteiger partial charge in [-0.2, -0.15) is 0 Å². The van der Waals surface area contributed by atoms with Crippen molar-refractivity contribution in [2.45, 2.75) is 237 Å². The Labute approximate surface area is 726 Å². The normalized spacial score (nSPS) is 14.5. The molecule has 0 aliphatic rings. The largest absolute Gasteiger partial charge is 0.508 e. The van der Waals surface area contributed by atoms with Crippen LogP contribution in [0.25, 0.3) is 0 Å². The molecule has 50 nitrogen and oxygen atoms in total. The molecule has 0 fully saturated rings. The molecule has 0 saturated carbocycles. The smallest absolute Gasteiger partial charge is 0.326 e. The fraction of sp³-hybridized carbons (Fsp3) is 0.618. The van der Waals surface area contributed by atoms with Crippen molar-refractivity contribution in [1.82, 2.24) is 79.3 Å². The molecule has 18 amide bonds. The molecular formula is C76H125N25O25. The molecule has 1 aromatic carbocycles. The number of aromatic hydroxyl groups is 1. The second-order valence-electron chi connectivity index (χ2n) is 30.6. The number of aliphatic carboxylic acids is 3. The van der Waals surface area contributed by atoms with E-state index in [9.17, 15) is 121 Å². The number of amides is 18. The first-order valence-electron chi connectivity index (χ1n) is 40.4. The minimum absolute atomic E-state index is 0.0164. The number of primary amides is 3. The molecule has 34 N–H and O–H groups in total. The van der Waals surface area contributed by atoms with E-state index in [0.29, 0.717) is 5.56 Å². The molecule has 0 aliphatic carbocycles. The molecule has 1 rings (SSSR count).